The lowest BCUT2D eigenvalue weighted by Gasteiger charge is -2.25. The summed E-state index contributed by atoms with van der Waals surface area (Å²) < 4.78 is 0. The van der Waals surface area contributed by atoms with E-state index in [1.165, 1.54) is 25.7 Å². The van der Waals surface area contributed by atoms with Crippen LogP contribution < -0.4 is 5.32 Å². The van der Waals surface area contributed by atoms with Gasteiger partial charge in [0.15, 0.2) is 0 Å². The summed E-state index contributed by atoms with van der Waals surface area (Å²) in [5.41, 5.74) is 0. The van der Waals surface area contributed by atoms with Gasteiger partial charge in [-0.15, -0.1) is 0 Å². The second-order valence-corrected chi connectivity index (χ2v) is 5.83. The Morgan fingerprint density at radius 2 is 2.00 bits per heavy atom. The Morgan fingerprint density at radius 1 is 1.22 bits per heavy atom. The molecule has 4 nitrogen and oxygen atoms in total. The van der Waals surface area contributed by atoms with Crippen molar-refractivity contribution < 1.29 is 4.79 Å². The van der Waals surface area contributed by atoms with Gasteiger partial charge in [0.05, 0.1) is 6.54 Å². The van der Waals surface area contributed by atoms with Gasteiger partial charge in [0.25, 0.3) is 0 Å². The summed E-state index contributed by atoms with van der Waals surface area (Å²) >= 11 is 0. The average Bonchev–Trinajstić information content (AvgIpc) is 2.68. The zero-order valence-electron chi connectivity index (χ0n) is 11.7. The smallest absolute Gasteiger partial charge is 0.236 e. The van der Waals surface area contributed by atoms with E-state index >= 15 is 0 Å². The highest BCUT2D eigenvalue weighted by Gasteiger charge is 2.20. The van der Waals surface area contributed by atoms with Crippen LogP contribution in [0.15, 0.2) is 0 Å². The molecule has 0 unspecified atom stereocenters. The summed E-state index contributed by atoms with van der Waals surface area (Å²) in [5, 5.41) is 3.34. The molecule has 1 N–H and O–H groups in total. The molecule has 2 rings (SSSR count). The lowest BCUT2D eigenvalue weighted by molar-refractivity contribution is -0.132. The van der Waals surface area contributed by atoms with E-state index in [0.717, 1.165) is 45.1 Å². The first kappa shape index (κ1) is 13.8. The minimum atomic E-state index is 0.305. The molecule has 0 aromatic rings. The van der Waals surface area contributed by atoms with Gasteiger partial charge in [-0.05, 0) is 38.8 Å². The molecule has 0 spiro atoms. The highest BCUT2D eigenvalue weighted by Crippen LogP contribution is 2.25. The van der Waals surface area contributed by atoms with Crippen molar-refractivity contribution in [2.75, 3.05) is 46.3 Å². The molecule has 0 atom stereocenters. The van der Waals surface area contributed by atoms with Crippen molar-refractivity contribution in [2.45, 2.75) is 32.1 Å². The van der Waals surface area contributed by atoms with E-state index < -0.39 is 0 Å². The summed E-state index contributed by atoms with van der Waals surface area (Å²) in [4.78, 5) is 16.4. The van der Waals surface area contributed by atoms with E-state index in [2.05, 4.69) is 17.3 Å². The number of amides is 1. The monoisotopic (exact) mass is 253 g/mol. The van der Waals surface area contributed by atoms with Gasteiger partial charge in [-0.3, -0.25) is 9.69 Å². The molecule has 1 aliphatic carbocycles. The van der Waals surface area contributed by atoms with Crippen LogP contribution in [0.5, 0.6) is 0 Å². The first-order chi connectivity index (χ1) is 8.75. The maximum atomic E-state index is 12.2. The van der Waals surface area contributed by atoms with Crippen LogP contribution in [0.4, 0.5) is 0 Å². The number of hydrogen-bond donors (Lipinski definition) is 1. The van der Waals surface area contributed by atoms with E-state index in [1.54, 1.807) is 0 Å². The van der Waals surface area contributed by atoms with E-state index in [-0.39, 0.29) is 0 Å². The molecule has 1 saturated carbocycles. The molecule has 0 radical (unpaired) electrons. The second-order valence-electron chi connectivity index (χ2n) is 5.83. The van der Waals surface area contributed by atoms with Gasteiger partial charge in [0.1, 0.15) is 0 Å². The third-order valence-electron chi connectivity index (χ3n) is 4.14. The molecule has 2 fully saturated rings. The molecular formula is C14H27N3O. The van der Waals surface area contributed by atoms with Crippen molar-refractivity contribution in [3.63, 3.8) is 0 Å². The second kappa shape index (κ2) is 7.10. The highest BCUT2D eigenvalue weighted by atomic mass is 16.2. The standard InChI is InChI=1S/C14H27N3O/c1-16(11-13-5-2-3-6-13)12-14(18)17-9-4-7-15-8-10-17/h13,15H,2-12H2,1H3. The molecule has 4 heteroatoms. The van der Waals surface area contributed by atoms with Crippen molar-refractivity contribution in [3.05, 3.63) is 0 Å². The molecule has 0 aromatic heterocycles. The normalized spacial score (nSPS) is 22.4. The topological polar surface area (TPSA) is 35.6 Å². The predicted molar refractivity (Wildman–Crippen MR) is 73.5 cm³/mol. The molecule has 0 aromatic carbocycles. The summed E-state index contributed by atoms with van der Waals surface area (Å²) in [6.07, 6.45) is 6.55. The maximum Gasteiger partial charge on any atom is 0.236 e. The lowest BCUT2D eigenvalue weighted by Crippen LogP contribution is -2.41. The number of likely N-dealkylation sites (N-methyl/N-ethyl adjacent to an activating group) is 1. The minimum absolute atomic E-state index is 0.305. The van der Waals surface area contributed by atoms with Gasteiger partial charge in [-0.2, -0.15) is 0 Å². The number of carbonyl (C=O) groups is 1. The quantitative estimate of drug-likeness (QED) is 0.809. The fourth-order valence-corrected chi connectivity index (χ4v) is 3.12. The highest BCUT2D eigenvalue weighted by molar-refractivity contribution is 5.78. The molecule has 1 saturated heterocycles. The van der Waals surface area contributed by atoms with E-state index in [4.69, 9.17) is 0 Å². The minimum Gasteiger partial charge on any atom is -0.340 e. The Bertz CT molecular complexity index is 256. The van der Waals surface area contributed by atoms with Crippen LogP contribution >= 0.6 is 0 Å². The first-order valence-electron chi connectivity index (χ1n) is 7.43. The predicted octanol–water partition coefficient (Wildman–Crippen LogP) is 0.930. The molecule has 1 amide bonds. The molecule has 18 heavy (non-hydrogen) atoms. The summed E-state index contributed by atoms with van der Waals surface area (Å²) in [7, 11) is 2.09. The van der Waals surface area contributed by atoms with Crippen LogP contribution in [-0.4, -0.2) is 62.0 Å². The van der Waals surface area contributed by atoms with Gasteiger partial charge in [-0.25, -0.2) is 0 Å². The summed E-state index contributed by atoms with van der Waals surface area (Å²) in [5.74, 6) is 1.13. The van der Waals surface area contributed by atoms with E-state index in [9.17, 15) is 4.79 Å². The van der Waals surface area contributed by atoms with Crippen LogP contribution in [0.2, 0.25) is 0 Å². The van der Waals surface area contributed by atoms with Gasteiger partial charge < -0.3 is 10.2 Å². The van der Waals surface area contributed by atoms with Gasteiger partial charge in [-0.1, -0.05) is 12.8 Å². The van der Waals surface area contributed by atoms with Gasteiger partial charge in [0, 0.05) is 26.2 Å². The Kier molecular flexibility index (Phi) is 5.45. The van der Waals surface area contributed by atoms with Gasteiger partial charge >= 0.3 is 0 Å². The largest absolute Gasteiger partial charge is 0.340 e. The van der Waals surface area contributed by atoms with Crippen molar-refractivity contribution in [2.24, 2.45) is 5.92 Å². The van der Waals surface area contributed by atoms with Crippen molar-refractivity contribution in [3.8, 4) is 0 Å². The third-order valence-corrected chi connectivity index (χ3v) is 4.14. The fourth-order valence-electron chi connectivity index (χ4n) is 3.12. The molecule has 1 aliphatic heterocycles. The Labute approximate surface area is 111 Å². The van der Waals surface area contributed by atoms with E-state index in [0.29, 0.717) is 12.5 Å². The number of carbonyl (C=O) groups excluding carboxylic acids is 1. The van der Waals surface area contributed by atoms with Crippen LogP contribution in [0, 0.1) is 5.92 Å². The molecular weight excluding hydrogens is 226 g/mol. The Balaban J connectivity index is 1.71. The molecule has 1 heterocycles. The number of hydrogen-bond acceptors (Lipinski definition) is 3. The van der Waals surface area contributed by atoms with Crippen molar-refractivity contribution in [1.82, 2.24) is 15.1 Å². The first-order valence-corrected chi connectivity index (χ1v) is 7.43. The zero-order chi connectivity index (χ0) is 12.8. The molecule has 0 bridgehead atoms. The van der Waals surface area contributed by atoms with Gasteiger partial charge in [0.2, 0.25) is 5.91 Å². The van der Waals surface area contributed by atoms with Crippen LogP contribution in [0.1, 0.15) is 32.1 Å². The average molecular weight is 253 g/mol. The van der Waals surface area contributed by atoms with Crippen LogP contribution in [0.3, 0.4) is 0 Å². The lowest BCUT2D eigenvalue weighted by atomic mass is 10.1. The van der Waals surface area contributed by atoms with Crippen molar-refractivity contribution in [1.29, 1.82) is 0 Å². The van der Waals surface area contributed by atoms with Crippen LogP contribution in [0.25, 0.3) is 0 Å². The number of nitrogens with one attached hydrogen (secondary N) is 1. The Hall–Kier alpha value is -0.610. The third kappa shape index (κ3) is 4.25. The molecule has 2 aliphatic rings. The Morgan fingerprint density at radius 3 is 2.78 bits per heavy atom. The summed E-state index contributed by atoms with van der Waals surface area (Å²) in [6.45, 7) is 5.47. The van der Waals surface area contributed by atoms with Crippen LogP contribution in [-0.2, 0) is 4.79 Å². The molecule has 104 valence electrons. The summed E-state index contributed by atoms with van der Waals surface area (Å²) in [6, 6.07) is 0. The number of rotatable bonds is 4. The number of nitrogens with zero attached hydrogens (tertiary/aromatic N) is 2. The zero-order valence-corrected chi connectivity index (χ0v) is 11.7. The SMILES string of the molecule is CN(CC(=O)N1CCCNCC1)CC1CCCC1. The fraction of sp³-hybridized carbons (Fsp3) is 0.929. The maximum absolute atomic E-state index is 12.2. The van der Waals surface area contributed by atoms with E-state index in [1.807, 2.05) is 4.90 Å². The van der Waals surface area contributed by atoms with Crippen molar-refractivity contribution >= 4 is 5.91 Å².